The first-order valence-corrected chi connectivity index (χ1v) is 6.72. The van der Waals surface area contributed by atoms with E-state index in [-0.39, 0.29) is 16.4 Å². The van der Waals surface area contributed by atoms with Gasteiger partial charge in [0.1, 0.15) is 17.5 Å². The van der Waals surface area contributed by atoms with Gasteiger partial charge >= 0.3 is 5.69 Å². The highest BCUT2D eigenvalue weighted by Gasteiger charge is 2.19. The van der Waals surface area contributed by atoms with Crippen molar-refractivity contribution in [3.8, 4) is 11.4 Å². The van der Waals surface area contributed by atoms with Crippen LogP contribution >= 0.6 is 11.6 Å². The van der Waals surface area contributed by atoms with E-state index in [0.717, 1.165) is 12.1 Å². The Labute approximate surface area is 127 Å². The first kappa shape index (κ1) is 14.5. The van der Waals surface area contributed by atoms with Gasteiger partial charge in [0.05, 0.1) is 10.6 Å². The molecule has 0 saturated heterocycles. The Morgan fingerprint density at radius 2 is 2.14 bits per heavy atom. The lowest BCUT2D eigenvalue weighted by Crippen LogP contribution is -2.07. The zero-order valence-corrected chi connectivity index (χ0v) is 11.9. The van der Waals surface area contributed by atoms with Crippen LogP contribution in [0, 0.1) is 11.6 Å². The van der Waals surface area contributed by atoms with Crippen molar-refractivity contribution in [3.05, 3.63) is 57.5 Å². The predicted octanol–water partition coefficient (Wildman–Crippen LogP) is 2.14. The van der Waals surface area contributed by atoms with Crippen molar-refractivity contribution in [2.45, 2.75) is 13.0 Å². The molecule has 2 aromatic heterocycles. The van der Waals surface area contributed by atoms with E-state index in [1.54, 1.807) is 10.8 Å². The number of imidazole rings is 1. The lowest BCUT2D eigenvalue weighted by Gasteiger charge is -2.09. The summed E-state index contributed by atoms with van der Waals surface area (Å²) in [4.78, 5) is 17.5. The molecule has 0 spiro atoms. The molecule has 2 heterocycles. The monoisotopic (exact) mass is 325 g/mol. The molecule has 0 amide bonds. The Morgan fingerprint density at radius 1 is 1.32 bits per heavy atom. The van der Waals surface area contributed by atoms with Crippen molar-refractivity contribution >= 4 is 11.6 Å². The molecular weight excluding hydrogens is 316 g/mol. The number of aryl methyl sites for hydroxylation is 2. The number of rotatable bonds is 4. The van der Waals surface area contributed by atoms with Crippen molar-refractivity contribution < 1.29 is 8.78 Å². The Balaban J connectivity index is 1.92. The zero-order chi connectivity index (χ0) is 15.7. The van der Waals surface area contributed by atoms with Gasteiger partial charge in [0.15, 0.2) is 5.82 Å². The largest absolute Gasteiger partial charge is 0.340 e. The van der Waals surface area contributed by atoms with Crippen molar-refractivity contribution in [2.75, 3.05) is 0 Å². The molecule has 0 saturated carbocycles. The summed E-state index contributed by atoms with van der Waals surface area (Å²) < 4.78 is 29.6. The Kier molecular flexibility index (Phi) is 3.76. The number of H-pyrrole nitrogens is 2. The molecule has 0 aliphatic heterocycles. The van der Waals surface area contributed by atoms with E-state index in [9.17, 15) is 13.6 Å². The first-order chi connectivity index (χ1) is 10.6. The average Bonchev–Trinajstić information content (AvgIpc) is 3.10. The Morgan fingerprint density at radius 3 is 2.86 bits per heavy atom. The van der Waals surface area contributed by atoms with E-state index in [1.165, 1.54) is 6.20 Å². The van der Waals surface area contributed by atoms with Crippen LogP contribution in [0.2, 0.25) is 5.02 Å². The topological polar surface area (TPSA) is 79.4 Å². The van der Waals surface area contributed by atoms with Gasteiger partial charge in [-0.05, 0) is 12.1 Å². The van der Waals surface area contributed by atoms with E-state index in [2.05, 4.69) is 20.2 Å². The molecule has 2 N–H and O–H groups in total. The van der Waals surface area contributed by atoms with Crippen molar-refractivity contribution in [3.63, 3.8) is 0 Å². The summed E-state index contributed by atoms with van der Waals surface area (Å²) >= 11 is 5.70. The third kappa shape index (κ3) is 2.64. The number of nitrogens with zero attached hydrogens (tertiary/aromatic N) is 3. The average molecular weight is 326 g/mol. The van der Waals surface area contributed by atoms with Crippen molar-refractivity contribution in [1.29, 1.82) is 0 Å². The van der Waals surface area contributed by atoms with Crippen LogP contribution in [0.4, 0.5) is 8.78 Å². The number of aromatic amines is 2. The molecule has 0 aliphatic rings. The molecule has 0 atom stereocenters. The van der Waals surface area contributed by atoms with Gasteiger partial charge in [0, 0.05) is 25.4 Å². The van der Waals surface area contributed by atoms with Crippen LogP contribution in [0.15, 0.2) is 29.3 Å². The minimum atomic E-state index is -0.859. The Bertz CT molecular complexity index is 869. The second-order valence-corrected chi connectivity index (χ2v) is 4.94. The Hall–Kier alpha value is -2.48. The van der Waals surface area contributed by atoms with Gasteiger partial charge in [0.25, 0.3) is 0 Å². The third-order valence-corrected chi connectivity index (χ3v) is 3.41. The first-order valence-electron chi connectivity index (χ1n) is 6.35. The lowest BCUT2D eigenvalue weighted by atomic mass is 10.2. The predicted molar refractivity (Wildman–Crippen MR) is 75.5 cm³/mol. The minimum Gasteiger partial charge on any atom is -0.330 e. The molecule has 0 bridgehead atoms. The number of hydrogen-bond acceptors (Lipinski definition) is 3. The van der Waals surface area contributed by atoms with E-state index in [1.807, 2.05) is 0 Å². The normalized spacial score (nSPS) is 11.0. The van der Waals surface area contributed by atoms with Gasteiger partial charge in [-0.2, -0.15) is 5.10 Å². The minimum absolute atomic E-state index is 0.121. The maximum absolute atomic E-state index is 14.1. The fourth-order valence-electron chi connectivity index (χ4n) is 2.10. The maximum Gasteiger partial charge on any atom is 0.340 e. The van der Waals surface area contributed by atoms with Gasteiger partial charge in [-0.25, -0.2) is 23.7 Å². The van der Waals surface area contributed by atoms with Crippen LogP contribution < -0.4 is 5.69 Å². The fourth-order valence-corrected chi connectivity index (χ4v) is 2.26. The molecule has 3 aromatic rings. The summed E-state index contributed by atoms with van der Waals surface area (Å²) in [5.41, 5.74) is -0.694. The van der Waals surface area contributed by atoms with Crippen LogP contribution in [0.1, 0.15) is 5.82 Å². The molecule has 3 rings (SSSR count). The van der Waals surface area contributed by atoms with E-state index < -0.39 is 17.3 Å². The fraction of sp³-hybridized carbons (Fsp3) is 0.154. The quantitative estimate of drug-likeness (QED) is 0.721. The third-order valence-electron chi connectivity index (χ3n) is 3.12. The summed E-state index contributed by atoms with van der Waals surface area (Å²) in [6.07, 6.45) is 3.38. The second kappa shape index (κ2) is 5.72. The van der Waals surface area contributed by atoms with E-state index in [4.69, 9.17) is 11.6 Å². The molecule has 0 radical (unpaired) electrons. The van der Waals surface area contributed by atoms with Gasteiger partial charge in [-0.15, -0.1) is 0 Å². The van der Waals surface area contributed by atoms with Crippen LogP contribution in [0.25, 0.3) is 11.4 Å². The number of halogens is 3. The van der Waals surface area contributed by atoms with Gasteiger partial charge in [0.2, 0.25) is 0 Å². The molecule has 9 heteroatoms. The molecule has 6 nitrogen and oxygen atoms in total. The lowest BCUT2D eigenvalue weighted by molar-refractivity contribution is 0.582. The SMILES string of the molecule is O=c1[nH]nc(CCn2ccnc2-c2c(F)ccc(Cl)c2F)[nH]1. The molecule has 1 aromatic carbocycles. The second-order valence-electron chi connectivity index (χ2n) is 4.54. The van der Waals surface area contributed by atoms with Crippen LogP contribution in [-0.2, 0) is 13.0 Å². The molecule has 0 fully saturated rings. The number of hydrogen-bond donors (Lipinski definition) is 2. The van der Waals surface area contributed by atoms with Crippen LogP contribution in [0.3, 0.4) is 0 Å². The maximum atomic E-state index is 14.1. The highest BCUT2D eigenvalue weighted by atomic mass is 35.5. The van der Waals surface area contributed by atoms with Crippen LogP contribution in [0.5, 0.6) is 0 Å². The standard InChI is InChI=1S/C13H10ClF2N5O/c14-7-1-2-8(15)10(11(7)16)12-17-4-6-21(12)5-3-9-18-13(22)20-19-9/h1-2,4,6H,3,5H2,(H2,18,19,20,22). The smallest absolute Gasteiger partial charge is 0.330 e. The molecule has 0 unspecified atom stereocenters. The zero-order valence-electron chi connectivity index (χ0n) is 11.1. The van der Waals surface area contributed by atoms with Gasteiger partial charge < -0.3 is 4.57 Å². The number of aromatic nitrogens is 5. The van der Waals surface area contributed by atoms with Crippen molar-refractivity contribution in [1.82, 2.24) is 24.7 Å². The highest BCUT2D eigenvalue weighted by molar-refractivity contribution is 6.31. The highest BCUT2D eigenvalue weighted by Crippen LogP contribution is 2.29. The van der Waals surface area contributed by atoms with Gasteiger partial charge in [-0.1, -0.05) is 11.6 Å². The number of benzene rings is 1. The molecular formula is C13H10ClF2N5O. The number of nitrogens with one attached hydrogen (secondary N) is 2. The van der Waals surface area contributed by atoms with Crippen LogP contribution in [-0.4, -0.2) is 24.7 Å². The summed E-state index contributed by atoms with van der Waals surface area (Å²) in [5.74, 6) is -1.04. The van der Waals surface area contributed by atoms with E-state index in [0.29, 0.717) is 18.8 Å². The molecule has 0 aliphatic carbocycles. The molecule has 22 heavy (non-hydrogen) atoms. The molecule has 114 valence electrons. The van der Waals surface area contributed by atoms with Gasteiger partial charge in [-0.3, -0.25) is 4.98 Å². The van der Waals surface area contributed by atoms with E-state index >= 15 is 0 Å². The summed E-state index contributed by atoms with van der Waals surface area (Å²) in [6.45, 7) is 0.335. The summed E-state index contributed by atoms with van der Waals surface area (Å²) in [6, 6.07) is 2.24. The summed E-state index contributed by atoms with van der Waals surface area (Å²) in [5, 5.41) is 5.84. The summed E-state index contributed by atoms with van der Waals surface area (Å²) in [7, 11) is 0. The van der Waals surface area contributed by atoms with Crippen molar-refractivity contribution in [2.24, 2.45) is 0 Å².